The van der Waals surface area contributed by atoms with Crippen molar-refractivity contribution in [1.29, 1.82) is 0 Å². The number of pyridine rings is 3. The Bertz CT molecular complexity index is 1420. The fraction of sp³-hybridized carbons (Fsp3) is 0.280. The molecule has 0 saturated heterocycles. The van der Waals surface area contributed by atoms with Crippen LogP contribution in [0.15, 0.2) is 55.1 Å². The number of nitrogens with one attached hydrogen (secondary N) is 2. The minimum Gasteiger partial charge on any atom is -0.468 e. The minimum atomic E-state index is -4.44. The van der Waals surface area contributed by atoms with E-state index in [0.29, 0.717) is 34.4 Å². The van der Waals surface area contributed by atoms with Crippen LogP contribution in [0.2, 0.25) is 0 Å². The second-order valence-electron chi connectivity index (χ2n) is 8.38. The summed E-state index contributed by atoms with van der Waals surface area (Å²) in [7, 11) is 0. The number of carbonyl (C=O) groups is 2. The Kier molecular flexibility index (Phi) is 8.14. The summed E-state index contributed by atoms with van der Waals surface area (Å²) in [4.78, 5) is 36.7. The van der Waals surface area contributed by atoms with Crippen LogP contribution in [-0.2, 0) is 17.8 Å². The lowest BCUT2D eigenvalue weighted by atomic mass is 10.2. The quantitative estimate of drug-likeness (QED) is 0.304. The topological polar surface area (TPSA) is 124 Å². The second kappa shape index (κ2) is 11.7. The summed E-state index contributed by atoms with van der Waals surface area (Å²) in [5.74, 6) is -0.669. The maximum atomic E-state index is 12.5. The highest BCUT2D eigenvalue weighted by atomic mass is 19.4. The summed E-state index contributed by atoms with van der Waals surface area (Å²) in [6.45, 7) is 0.996. The van der Waals surface area contributed by atoms with Crippen LogP contribution in [-0.4, -0.2) is 62.4 Å². The van der Waals surface area contributed by atoms with Crippen LogP contribution in [0.3, 0.4) is 0 Å². The number of carbonyl (C=O) groups excluding carboxylic acids is 2. The maximum Gasteiger partial charge on any atom is 0.422 e. The van der Waals surface area contributed by atoms with Crippen molar-refractivity contribution in [3.63, 3.8) is 0 Å². The molecule has 0 aromatic carbocycles. The Morgan fingerprint density at radius 2 is 1.87 bits per heavy atom. The number of aromatic nitrogens is 5. The predicted octanol–water partition coefficient (Wildman–Crippen LogP) is 2.61. The van der Waals surface area contributed by atoms with Crippen LogP contribution < -0.4 is 15.4 Å². The number of halogens is 3. The standard InChI is InChI=1S/C25H24F3N7O3/c1-16-10-17(12-33-24(16)38-15-25(26,27)28)13-35-14-18-19(34-35)5-7-30-21(18)11-22(36)31-8-9-32-23(37)20-4-2-3-6-29-20/h2-7,10,12,14H,8-9,11,13,15H2,1H3,(H,31,36)(H,32,37). The Hall–Kier alpha value is -4.55. The highest BCUT2D eigenvalue weighted by molar-refractivity contribution is 5.92. The van der Waals surface area contributed by atoms with Crippen molar-refractivity contribution in [2.75, 3.05) is 19.7 Å². The number of hydrogen-bond donors (Lipinski definition) is 2. The van der Waals surface area contributed by atoms with Crippen molar-refractivity contribution < 1.29 is 27.5 Å². The lowest BCUT2D eigenvalue weighted by molar-refractivity contribution is -0.154. The minimum absolute atomic E-state index is 0.0170. The number of nitrogens with zero attached hydrogens (tertiary/aromatic N) is 5. The summed E-state index contributed by atoms with van der Waals surface area (Å²) in [5.41, 5.74) is 2.66. The summed E-state index contributed by atoms with van der Waals surface area (Å²) in [6.07, 6.45) is 1.85. The molecule has 0 saturated carbocycles. The average molecular weight is 528 g/mol. The molecule has 10 nitrogen and oxygen atoms in total. The molecule has 0 atom stereocenters. The molecule has 2 N–H and O–H groups in total. The molecule has 0 aliphatic carbocycles. The van der Waals surface area contributed by atoms with Crippen LogP contribution in [0.1, 0.15) is 27.3 Å². The highest BCUT2D eigenvalue weighted by Crippen LogP contribution is 2.21. The molecule has 0 bridgehead atoms. The third-order valence-electron chi connectivity index (χ3n) is 5.33. The molecular weight excluding hydrogens is 503 g/mol. The van der Waals surface area contributed by atoms with Gasteiger partial charge in [0.05, 0.1) is 24.2 Å². The van der Waals surface area contributed by atoms with Crippen LogP contribution >= 0.6 is 0 Å². The largest absolute Gasteiger partial charge is 0.468 e. The zero-order valence-electron chi connectivity index (χ0n) is 20.3. The Labute approximate surface area is 215 Å². The third kappa shape index (κ3) is 7.24. The van der Waals surface area contributed by atoms with Gasteiger partial charge in [0.25, 0.3) is 5.91 Å². The Balaban J connectivity index is 1.33. The van der Waals surface area contributed by atoms with Crippen molar-refractivity contribution in [3.05, 3.63) is 77.6 Å². The monoisotopic (exact) mass is 527 g/mol. The van der Waals surface area contributed by atoms with E-state index in [9.17, 15) is 22.8 Å². The van der Waals surface area contributed by atoms with E-state index >= 15 is 0 Å². The molecule has 4 aromatic rings. The molecule has 2 amide bonds. The van der Waals surface area contributed by atoms with Crippen molar-refractivity contribution >= 4 is 22.7 Å². The van der Waals surface area contributed by atoms with Gasteiger partial charge in [0.1, 0.15) is 5.69 Å². The molecule has 0 fully saturated rings. The van der Waals surface area contributed by atoms with E-state index in [0.717, 1.165) is 5.56 Å². The number of hydrogen-bond acceptors (Lipinski definition) is 7. The van der Waals surface area contributed by atoms with Crippen LogP contribution in [0.4, 0.5) is 13.2 Å². The van der Waals surface area contributed by atoms with Gasteiger partial charge in [-0.15, -0.1) is 0 Å². The molecule has 0 aliphatic rings. The number of rotatable bonds is 10. The van der Waals surface area contributed by atoms with E-state index in [-0.39, 0.29) is 37.2 Å². The number of aryl methyl sites for hydroxylation is 1. The van der Waals surface area contributed by atoms with Crippen molar-refractivity contribution in [1.82, 2.24) is 35.4 Å². The first-order valence-electron chi connectivity index (χ1n) is 11.6. The predicted molar refractivity (Wildman–Crippen MR) is 130 cm³/mol. The number of alkyl halides is 3. The zero-order chi connectivity index (χ0) is 27.1. The number of ether oxygens (including phenoxy) is 1. The summed E-state index contributed by atoms with van der Waals surface area (Å²) in [6, 6.07) is 8.43. The summed E-state index contributed by atoms with van der Waals surface area (Å²) >= 11 is 0. The van der Waals surface area contributed by atoms with Crippen LogP contribution in [0.25, 0.3) is 10.9 Å². The molecule has 0 unspecified atom stereocenters. The normalized spacial score (nSPS) is 11.4. The van der Waals surface area contributed by atoms with E-state index < -0.39 is 12.8 Å². The van der Waals surface area contributed by atoms with Gasteiger partial charge in [-0.1, -0.05) is 6.07 Å². The molecule has 4 heterocycles. The fourth-order valence-electron chi connectivity index (χ4n) is 3.65. The molecule has 198 valence electrons. The Morgan fingerprint density at radius 1 is 1.05 bits per heavy atom. The first-order chi connectivity index (χ1) is 18.2. The van der Waals surface area contributed by atoms with Gasteiger partial charge in [-0.25, -0.2) is 4.98 Å². The molecule has 0 aliphatic heterocycles. The third-order valence-corrected chi connectivity index (χ3v) is 5.33. The van der Waals surface area contributed by atoms with Gasteiger partial charge < -0.3 is 15.4 Å². The van der Waals surface area contributed by atoms with E-state index in [1.165, 1.54) is 12.4 Å². The smallest absolute Gasteiger partial charge is 0.422 e. The first kappa shape index (κ1) is 26.5. The van der Waals surface area contributed by atoms with Gasteiger partial charge >= 0.3 is 6.18 Å². The fourth-order valence-corrected chi connectivity index (χ4v) is 3.65. The summed E-state index contributed by atoms with van der Waals surface area (Å²) < 4.78 is 43.6. The van der Waals surface area contributed by atoms with Crippen molar-refractivity contribution in [3.8, 4) is 5.88 Å². The molecular formula is C25H24F3N7O3. The molecule has 4 rings (SSSR count). The highest BCUT2D eigenvalue weighted by Gasteiger charge is 2.29. The maximum absolute atomic E-state index is 12.5. The molecule has 4 aromatic heterocycles. The van der Waals surface area contributed by atoms with Crippen LogP contribution in [0, 0.1) is 6.92 Å². The van der Waals surface area contributed by atoms with Gasteiger partial charge in [-0.05, 0) is 36.8 Å². The second-order valence-corrected chi connectivity index (χ2v) is 8.38. The van der Waals surface area contributed by atoms with E-state index in [4.69, 9.17) is 4.74 Å². The lowest BCUT2D eigenvalue weighted by Crippen LogP contribution is -2.35. The molecule has 0 radical (unpaired) electrons. The number of fused-ring (bicyclic) bond motifs is 1. The van der Waals surface area contributed by atoms with Gasteiger partial charge in [-0.3, -0.25) is 24.2 Å². The first-order valence-corrected chi connectivity index (χ1v) is 11.6. The van der Waals surface area contributed by atoms with Crippen molar-refractivity contribution in [2.24, 2.45) is 0 Å². The Morgan fingerprint density at radius 3 is 2.61 bits per heavy atom. The average Bonchev–Trinajstić information content (AvgIpc) is 3.29. The molecule has 13 heteroatoms. The lowest BCUT2D eigenvalue weighted by Gasteiger charge is -2.11. The van der Waals surface area contributed by atoms with E-state index in [1.807, 2.05) is 0 Å². The summed E-state index contributed by atoms with van der Waals surface area (Å²) in [5, 5.41) is 10.6. The zero-order valence-corrected chi connectivity index (χ0v) is 20.3. The van der Waals surface area contributed by atoms with Crippen LogP contribution in [0.5, 0.6) is 5.88 Å². The molecule has 0 spiro atoms. The van der Waals surface area contributed by atoms with Gasteiger partial charge in [0.15, 0.2) is 6.61 Å². The van der Waals surface area contributed by atoms with Gasteiger partial charge in [0.2, 0.25) is 11.8 Å². The van der Waals surface area contributed by atoms with E-state index in [2.05, 4.69) is 30.7 Å². The van der Waals surface area contributed by atoms with Gasteiger partial charge in [-0.2, -0.15) is 18.3 Å². The van der Waals surface area contributed by atoms with Gasteiger partial charge in [0, 0.05) is 48.8 Å². The number of amides is 2. The SMILES string of the molecule is Cc1cc(Cn2cc3c(CC(=O)NCCNC(=O)c4ccccn4)nccc3n2)cnc1OCC(F)(F)F. The van der Waals surface area contributed by atoms with Crippen molar-refractivity contribution in [2.45, 2.75) is 26.1 Å². The van der Waals surface area contributed by atoms with E-state index in [1.54, 1.807) is 54.3 Å². The molecule has 38 heavy (non-hydrogen) atoms.